The van der Waals surface area contributed by atoms with Gasteiger partial charge in [-0.3, -0.25) is 23.9 Å². The molecule has 1 saturated heterocycles. The van der Waals surface area contributed by atoms with Crippen LogP contribution in [-0.2, 0) is 33.8 Å². The van der Waals surface area contributed by atoms with E-state index in [-0.39, 0.29) is 41.4 Å². The Hall–Kier alpha value is -3.29. The van der Waals surface area contributed by atoms with Crippen molar-refractivity contribution in [1.29, 1.82) is 0 Å². The number of rotatable bonds is 6. The van der Waals surface area contributed by atoms with Gasteiger partial charge in [0.1, 0.15) is 12.2 Å². The fourth-order valence-corrected chi connectivity index (χ4v) is 6.99. The smallest absolute Gasteiger partial charge is 0.245 e. The quantitative estimate of drug-likeness (QED) is 0.370. The van der Waals surface area contributed by atoms with Gasteiger partial charge in [0.15, 0.2) is 11.6 Å². The van der Waals surface area contributed by atoms with Crippen molar-refractivity contribution in [1.82, 2.24) is 19.6 Å². The Bertz CT molecular complexity index is 1410. The van der Waals surface area contributed by atoms with E-state index in [1.165, 1.54) is 12.5 Å². The largest absolute Gasteiger partial charge is 0.345 e. The molecule has 1 aromatic heterocycles. The van der Waals surface area contributed by atoms with E-state index in [1.807, 2.05) is 14.0 Å². The monoisotopic (exact) mass is 560 g/mol. The third-order valence-electron chi connectivity index (χ3n) is 9.28. The summed E-state index contributed by atoms with van der Waals surface area (Å²) < 4.78 is 1.70. The second kappa shape index (κ2) is 11.5. The number of aromatic nitrogens is 2. The van der Waals surface area contributed by atoms with Crippen molar-refractivity contribution in [2.24, 2.45) is 11.3 Å². The lowest BCUT2D eigenvalue weighted by atomic mass is 9.95. The van der Waals surface area contributed by atoms with Gasteiger partial charge in [0, 0.05) is 50.2 Å². The number of aryl methyl sites for hydroxylation is 1. The van der Waals surface area contributed by atoms with Crippen molar-refractivity contribution in [2.45, 2.75) is 104 Å². The van der Waals surface area contributed by atoms with Crippen LogP contribution in [0.2, 0.25) is 0 Å². The van der Waals surface area contributed by atoms with Crippen LogP contribution < -0.4 is 0 Å². The highest BCUT2D eigenvalue weighted by Crippen LogP contribution is 2.60. The van der Waals surface area contributed by atoms with Crippen molar-refractivity contribution >= 4 is 34.3 Å². The predicted octanol–water partition coefficient (Wildman–Crippen LogP) is 4.91. The molecule has 8 nitrogen and oxygen atoms in total. The molecule has 0 N–H and O–H groups in total. The molecule has 220 valence electrons. The number of carbonyl (C=O) groups is 4. The summed E-state index contributed by atoms with van der Waals surface area (Å²) in [5, 5.41) is 5.51. The fourth-order valence-electron chi connectivity index (χ4n) is 6.99. The maximum Gasteiger partial charge on any atom is 0.245 e. The first-order chi connectivity index (χ1) is 19.5. The van der Waals surface area contributed by atoms with E-state index in [0.29, 0.717) is 43.8 Å². The zero-order valence-corrected chi connectivity index (χ0v) is 25.2. The zero-order chi connectivity index (χ0) is 29.5. The Morgan fingerprint density at radius 3 is 2.61 bits per heavy atom. The number of allylic oxidation sites excluding steroid dienone is 2. The Kier molecular flexibility index (Phi) is 8.22. The number of hydrogen-bond acceptors (Lipinski definition) is 5. The standard InChI is InChI=1S/C33H44N4O4/c1-6-27(39)26-17-33-18-28(33)37(26)30(41)19-36-32-24(11-9-7-8-10-12-29(40)35(5)20-33)15-23(14-13-21(2)3)16-25(32)31(34-36)22(4)38/h7,9,15-16,21,26,28H,6,8,10-14,17-20H2,1-5H3/b9-7+/t26-,28+,33-/m0/s1. The molecule has 8 heteroatoms. The van der Waals surface area contributed by atoms with E-state index in [2.05, 4.69) is 38.1 Å². The molecular weight excluding hydrogens is 516 g/mol. The van der Waals surface area contributed by atoms with Gasteiger partial charge in [-0.25, -0.2) is 0 Å². The third kappa shape index (κ3) is 5.75. The molecule has 2 bridgehead atoms. The summed E-state index contributed by atoms with van der Waals surface area (Å²) in [6.45, 7) is 8.31. The van der Waals surface area contributed by atoms with E-state index in [4.69, 9.17) is 5.10 Å². The molecule has 3 aliphatic rings. The van der Waals surface area contributed by atoms with Gasteiger partial charge in [0.25, 0.3) is 0 Å². The van der Waals surface area contributed by atoms with Gasteiger partial charge in [0.2, 0.25) is 11.8 Å². The molecule has 2 fully saturated rings. The van der Waals surface area contributed by atoms with Crippen LogP contribution in [0.3, 0.4) is 0 Å². The summed E-state index contributed by atoms with van der Waals surface area (Å²) in [4.78, 5) is 56.4. The van der Waals surface area contributed by atoms with E-state index >= 15 is 0 Å². The van der Waals surface area contributed by atoms with E-state index in [0.717, 1.165) is 48.6 Å². The number of benzene rings is 1. The van der Waals surface area contributed by atoms with E-state index in [9.17, 15) is 19.2 Å². The Labute approximate surface area is 243 Å². The number of ketones is 2. The Balaban J connectivity index is 1.59. The Morgan fingerprint density at radius 1 is 1.12 bits per heavy atom. The number of nitrogens with zero attached hydrogens (tertiary/aromatic N) is 4. The lowest BCUT2D eigenvalue weighted by Crippen LogP contribution is -2.44. The average molecular weight is 561 g/mol. The summed E-state index contributed by atoms with van der Waals surface area (Å²) in [5.74, 6) is 0.454. The van der Waals surface area contributed by atoms with Crippen molar-refractivity contribution < 1.29 is 19.2 Å². The minimum Gasteiger partial charge on any atom is -0.345 e. The summed E-state index contributed by atoms with van der Waals surface area (Å²) in [5.41, 5.74) is 3.19. The van der Waals surface area contributed by atoms with Crippen LogP contribution in [0, 0.1) is 11.3 Å². The number of piperidine rings is 1. The number of Topliss-reactive ketones (excluding diaryl/α,β-unsaturated/α-hetero) is 2. The van der Waals surface area contributed by atoms with Gasteiger partial charge < -0.3 is 9.80 Å². The molecule has 41 heavy (non-hydrogen) atoms. The van der Waals surface area contributed by atoms with Crippen LogP contribution in [-0.4, -0.2) is 68.6 Å². The molecule has 5 rings (SSSR count). The van der Waals surface area contributed by atoms with Crippen molar-refractivity contribution in [3.8, 4) is 0 Å². The van der Waals surface area contributed by atoms with Crippen LogP contribution in [0.15, 0.2) is 24.3 Å². The number of amides is 2. The highest BCUT2D eigenvalue weighted by Gasteiger charge is 2.67. The normalized spacial score (nSPS) is 25.9. The number of hydrogen-bond donors (Lipinski definition) is 0. The maximum atomic E-state index is 14.0. The molecule has 3 atom stereocenters. The third-order valence-corrected chi connectivity index (χ3v) is 9.28. The molecule has 1 aromatic carbocycles. The summed E-state index contributed by atoms with van der Waals surface area (Å²) in [7, 11) is 1.84. The molecule has 1 aliphatic carbocycles. The zero-order valence-electron chi connectivity index (χ0n) is 25.2. The van der Waals surface area contributed by atoms with Crippen LogP contribution in [0.4, 0.5) is 0 Å². The van der Waals surface area contributed by atoms with Gasteiger partial charge in [-0.05, 0) is 68.1 Å². The second-order valence-corrected chi connectivity index (χ2v) is 12.9. The molecule has 1 saturated carbocycles. The van der Waals surface area contributed by atoms with Gasteiger partial charge in [-0.15, -0.1) is 0 Å². The van der Waals surface area contributed by atoms with Crippen LogP contribution in [0.5, 0.6) is 0 Å². The van der Waals surface area contributed by atoms with E-state index < -0.39 is 6.04 Å². The molecule has 0 unspecified atom stereocenters. The van der Waals surface area contributed by atoms with Crippen molar-refractivity contribution in [3.05, 3.63) is 41.1 Å². The second-order valence-electron chi connectivity index (χ2n) is 12.9. The van der Waals surface area contributed by atoms with Gasteiger partial charge in [0.05, 0.1) is 11.6 Å². The van der Waals surface area contributed by atoms with Crippen molar-refractivity contribution in [3.63, 3.8) is 0 Å². The molecule has 0 radical (unpaired) electrons. The molecule has 2 aliphatic heterocycles. The van der Waals surface area contributed by atoms with Crippen LogP contribution >= 0.6 is 0 Å². The van der Waals surface area contributed by atoms with Gasteiger partial charge >= 0.3 is 0 Å². The highest BCUT2D eigenvalue weighted by atomic mass is 16.2. The summed E-state index contributed by atoms with van der Waals surface area (Å²) in [6, 6.07) is 3.73. The summed E-state index contributed by atoms with van der Waals surface area (Å²) in [6.07, 6.45) is 10.6. The SMILES string of the molecule is CCC(=O)[C@@H]1C[C@@]23C[C@H]2N1C(=O)Cn1nc(C(C)=O)c2cc(CCC(C)C)cc(c21)C/C=C/CCCC(=O)N(C)C3. The molecule has 2 aromatic rings. The van der Waals surface area contributed by atoms with Crippen LogP contribution in [0.1, 0.15) is 94.3 Å². The highest BCUT2D eigenvalue weighted by molar-refractivity contribution is 6.06. The Morgan fingerprint density at radius 2 is 1.90 bits per heavy atom. The molecule has 0 spiro atoms. The lowest BCUT2D eigenvalue weighted by Gasteiger charge is -2.26. The minimum atomic E-state index is -0.479. The first-order valence-corrected chi connectivity index (χ1v) is 15.3. The maximum absolute atomic E-state index is 14.0. The van der Waals surface area contributed by atoms with Crippen LogP contribution in [0.25, 0.3) is 10.9 Å². The molecular formula is C33H44N4O4. The summed E-state index contributed by atoms with van der Waals surface area (Å²) >= 11 is 0. The van der Waals surface area contributed by atoms with Crippen molar-refractivity contribution in [2.75, 3.05) is 13.6 Å². The van der Waals surface area contributed by atoms with E-state index in [1.54, 1.807) is 14.5 Å². The fraction of sp³-hybridized carbons (Fsp3) is 0.606. The predicted molar refractivity (Wildman–Crippen MR) is 159 cm³/mol. The molecule has 3 heterocycles. The minimum absolute atomic E-state index is 0.0271. The lowest BCUT2D eigenvalue weighted by molar-refractivity contribution is -0.139. The number of carbonyl (C=O) groups excluding carboxylic acids is 4. The first-order valence-electron chi connectivity index (χ1n) is 15.3. The molecule has 2 amide bonds. The van der Waals surface area contributed by atoms with Gasteiger partial charge in [-0.1, -0.05) is 39.0 Å². The first kappa shape index (κ1) is 29.2. The topological polar surface area (TPSA) is 92.6 Å². The average Bonchev–Trinajstić information content (AvgIpc) is 3.32. The van der Waals surface area contributed by atoms with Gasteiger partial charge in [-0.2, -0.15) is 5.10 Å².